The molecule has 120 valence electrons. The summed E-state index contributed by atoms with van der Waals surface area (Å²) >= 11 is 0. The number of carbonyl (C=O) groups excluding carboxylic acids is 1. The second-order valence-corrected chi connectivity index (χ2v) is 5.89. The van der Waals surface area contributed by atoms with E-state index in [-0.39, 0.29) is 11.8 Å². The van der Waals surface area contributed by atoms with Crippen molar-refractivity contribution in [2.75, 3.05) is 18.0 Å². The van der Waals surface area contributed by atoms with Gasteiger partial charge in [0, 0.05) is 32.0 Å². The lowest BCUT2D eigenvalue weighted by Gasteiger charge is -2.32. The fraction of sp³-hybridized carbons (Fsp3) is 0.412. The lowest BCUT2D eigenvalue weighted by Crippen LogP contribution is -2.43. The molecule has 3 heterocycles. The van der Waals surface area contributed by atoms with Crippen LogP contribution in [0.5, 0.6) is 0 Å². The van der Waals surface area contributed by atoms with Crippen molar-refractivity contribution in [2.24, 2.45) is 5.92 Å². The first-order valence-electron chi connectivity index (χ1n) is 7.94. The number of aryl methyl sites for hydroxylation is 1. The molecule has 1 amide bonds. The lowest BCUT2D eigenvalue weighted by molar-refractivity contribution is -0.125. The normalized spacial score (nSPS) is 17.8. The van der Waals surface area contributed by atoms with Crippen LogP contribution >= 0.6 is 0 Å². The van der Waals surface area contributed by atoms with Gasteiger partial charge in [-0.05, 0) is 49.6 Å². The van der Waals surface area contributed by atoms with Crippen molar-refractivity contribution in [3.63, 3.8) is 0 Å². The van der Waals surface area contributed by atoms with Gasteiger partial charge in [-0.25, -0.2) is 0 Å². The summed E-state index contributed by atoms with van der Waals surface area (Å²) in [5, 5.41) is 11.3. The first-order chi connectivity index (χ1) is 11.2. The molecule has 0 saturated carbocycles. The van der Waals surface area contributed by atoms with Crippen LogP contribution in [-0.2, 0) is 11.3 Å². The molecule has 0 aromatic carbocycles. The van der Waals surface area contributed by atoms with Crippen molar-refractivity contribution >= 4 is 11.7 Å². The standard InChI is InChI=1S/C17H21N5O/c1-13-4-5-16(21-20-13)22-10-2-3-15(12-22)17(23)19-11-14-6-8-18-9-7-14/h4-9,15H,2-3,10-12H2,1H3,(H,19,23). The Hall–Kier alpha value is -2.50. The van der Waals surface area contributed by atoms with Gasteiger partial charge in [0.05, 0.1) is 11.6 Å². The monoisotopic (exact) mass is 311 g/mol. The van der Waals surface area contributed by atoms with Gasteiger partial charge in [-0.2, -0.15) is 5.10 Å². The number of nitrogens with one attached hydrogen (secondary N) is 1. The highest BCUT2D eigenvalue weighted by Gasteiger charge is 2.26. The van der Waals surface area contributed by atoms with Gasteiger partial charge < -0.3 is 10.2 Å². The van der Waals surface area contributed by atoms with E-state index >= 15 is 0 Å². The van der Waals surface area contributed by atoms with Crippen LogP contribution in [0.25, 0.3) is 0 Å². The van der Waals surface area contributed by atoms with E-state index < -0.39 is 0 Å². The maximum atomic E-state index is 12.4. The molecule has 1 unspecified atom stereocenters. The fourth-order valence-corrected chi connectivity index (χ4v) is 2.79. The number of nitrogens with zero attached hydrogens (tertiary/aromatic N) is 4. The van der Waals surface area contributed by atoms with Crippen LogP contribution in [0.1, 0.15) is 24.1 Å². The van der Waals surface area contributed by atoms with E-state index in [2.05, 4.69) is 25.4 Å². The van der Waals surface area contributed by atoms with Crippen LogP contribution in [-0.4, -0.2) is 34.2 Å². The molecule has 0 spiro atoms. The number of hydrogen-bond acceptors (Lipinski definition) is 5. The predicted octanol–water partition coefficient (Wildman–Crippen LogP) is 1.71. The minimum absolute atomic E-state index is 0.00584. The molecular formula is C17H21N5O. The van der Waals surface area contributed by atoms with E-state index in [1.165, 1.54) is 0 Å². The number of anilines is 1. The maximum Gasteiger partial charge on any atom is 0.225 e. The number of aromatic nitrogens is 3. The number of pyridine rings is 1. The van der Waals surface area contributed by atoms with E-state index in [0.717, 1.165) is 36.5 Å². The molecule has 3 rings (SSSR count). The topological polar surface area (TPSA) is 71.0 Å². The Labute approximate surface area is 136 Å². The second-order valence-electron chi connectivity index (χ2n) is 5.89. The van der Waals surface area contributed by atoms with E-state index in [1.54, 1.807) is 12.4 Å². The molecule has 1 aliphatic heterocycles. The van der Waals surface area contributed by atoms with Gasteiger partial charge in [-0.3, -0.25) is 9.78 Å². The smallest absolute Gasteiger partial charge is 0.225 e. The molecule has 1 saturated heterocycles. The van der Waals surface area contributed by atoms with Crippen LogP contribution in [0.2, 0.25) is 0 Å². The molecule has 0 radical (unpaired) electrons. The molecule has 1 N–H and O–H groups in total. The van der Waals surface area contributed by atoms with Crippen LogP contribution in [0.4, 0.5) is 5.82 Å². The van der Waals surface area contributed by atoms with Gasteiger partial charge >= 0.3 is 0 Å². The highest BCUT2D eigenvalue weighted by atomic mass is 16.1. The molecule has 0 bridgehead atoms. The van der Waals surface area contributed by atoms with E-state index in [4.69, 9.17) is 0 Å². The number of hydrogen-bond donors (Lipinski definition) is 1. The van der Waals surface area contributed by atoms with E-state index in [0.29, 0.717) is 13.1 Å². The quantitative estimate of drug-likeness (QED) is 0.931. The van der Waals surface area contributed by atoms with Gasteiger partial charge in [0.25, 0.3) is 0 Å². The fourth-order valence-electron chi connectivity index (χ4n) is 2.79. The van der Waals surface area contributed by atoms with Crippen molar-refractivity contribution in [3.8, 4) is 0 Å². The third kappa shape index (κ3) is 4.03. The van der Waals surface area contributed by atoms with E-state index in [9.17, 15) is 4.79 Å². The first-order valence-corrected chi connectivity index (χ1v) is 7.94. The number of piperidine rings is 1. The van der Waals surface area contributed by atoms with Crippen LogP contribution in [0, 0.1) is 12.8 Å². The van der Waals surface area contributed by atoms with Gasteiger partial charge in [-0.1, -0.05) is 0 Å². The Bertz CT molecular complexity index is 644. The zero-order valence-electron chi connectivity index (χ0n) is 13.3. The number of carbonyl (C=O) groups is 1. The number of amides is 1. The highest BCUT2D eigenvalue weighted by molar-refractivity contribution is 5.79. The summed E-state index contributed by atoms with van der Waals surface area (Å²) in [5.74, 6) is 0.947. The minimum Gasteiger partial charge on any atom is -0.354 e. The lowest BCUT2D eigenvalue weighted by atomic mass is 9.97. The largest absolute Gasteiger partial charge is 0.354 e. The summed E-state index contributed by atoms with van der Waals surface area (Å²) in [4.78, 5) is 18.5. The molecule has 1 fully saturated rings. The third-order valence-electron chi connectivity index (χ3n) is 4.12. The Balaban J connectivity index is 1.57. The van der Waals surface area contributed by atoms with Crippen molar-refractivity contribution in [1.29, 1.82) is 0 Å². The second kappa shape index (κ2) is 7.17. The summed E-state index contributed by atoms with van der Waals surface area (Å²) in [7, 11) is 0. The number of rotatable bonds is 4. The van der Waals surface area contributed by atoms with Crippen molar-refractivity contribution < 1.29 is 4.79 Å². The summed E-state index contributed by atoms with van der Waals surface area (Å²) in [6.45, 7) is 4.08. The van der Waals surface area contributed by atoms with Crippen LogP contribution in [0.3, 0.4) is 0 Å². The molecule has 2 aromatic rings. The Kier molecular flexibility index (Phi) is 4.80. The zero-order valence-corrected chi connectivity index (χ0v) is 13.3. The minimum atomic E-state index is -0.00584. The Morgan fingerprint density at radius 2 is 2.09 bits per heavy atom. The Morgan fingerprint density at radius 1 is 1.26 bits per heavy atom. The molecule has 0 aliphatic carbocycles. The molecule has 1 aliphatic rings. The maximum absolute atomic E-state index is 12.4. The summed E-state index contributed by atoms with van der Waals surface area (Å²) < 4.78 is 0. The molecular weight excluding hydrogens is 290 g/mol. The average molecular weight is 311 g/mol. The SMILES string of the molecule is Cc1ccc(N2CCCC(C(=O)NCc3ccncc3)C2)nn1. The third-order valence-corrected chi connectivity index (χ3v) is 4.12. The Morgan fingerprint density at radius 3 is 2.83 bits per heavy atom. The van der Waals surface area contributed by atoms with Gasteiger partial charge in [0.1, 0.15) is 0 Å². The van der Waals surface area contributed by atoms with Gasteiger partial charge in [0.2, 0.25) is 5.91 Å². The predicted molar refractivity (Wildman–Crippen MR) is 87.8 cm³/mol. The van der Waals surface area contributed by atoms with Crippen molar-refractivity contribution in [3.05, 3.63) is 47.9 Å². The van der Waals surface area contributed by atoms with Crippen LogP contribution in [0.15, 0.2) is 36.7 Å². The summed E-state index contributed by atoms with van der Waals surface area (Å²) in [6.07, 6.45) is 5.38. The van der Waals surface area contributed by atoms with E-state index in [1.807, 2.05) is 31.2 Å². The first kappa shape index (κ1) is 15.4. The van der Waals surface area contributed by atoms with Crippen molar-refractivity contribution in [2.45, 2.75) is 26.3 Å². The molecule has 2 aromatic heterocycles. The molecule has 23 heavy (non-hydrogen) atoms. The molecule has 1 atom stereocenters. The van der Waals surface area contributed by atoms with Crippen molar-refractivity contribution in [1.82, 2.24) is 20.5 Å². The molecule has 6 nitrogen and oxygen atoms in total. The van der Waals surface area contributed by atoms with Gasteiger partial charge in [0.15, 0.2) is 5.82 Å². The summed E-state index contributed by atoms with van der Waals surface area (Å²) in [5.41, 5.74) is 1.96. The zero-order chi connectivity index (χ0) is 16.1. The molecule has 6 heteroatoms. The average Bonchev–Trinajstić information content (AvgIpc) is 2.61. The van der Waals surface area contributed by atoms with Gasteiger partial charge in [-0.15, -0.1) is 5.10 Å². The highest BCUT2D eigenvalue weighted by Crippen LogP contribution is 2.21. The summed E-state index contributed by atoms with van der Waals surface area (Å²) in [6, 6.07) is 7.75. The van der Waals surface area contributed by atoms with Crippen LogP contribution < -0.4 is 10.2 Å².